The summed E-state index contributed by atoms with van der Waals surface area (Å²) >= 11 is 0. The SMILES string of the molecule is CCN(CC)CCCOc1cc2nccc(Oc3ccc(NC(=O)NC4CC4)c(C)c3)c2cc1C. The molecule has 0 aliphatic heterocycles. The third-order valence-electron chi connectivity index (χ3n) is 6.36. The summed E-state index contributed by atoms with van der Waals surface area (Å²) in [6, 6.07) is 11.8. The Morgan fingerprint density at radius 2 is 1.86 bits per heavy atom. The number of rotatable bonds is 11. The number of nitrogens with one attached hydrogen (secondary N) is 2. The number of benzene rings is 2. The van der Waals surface area contributed by atoms with E-state index in [0.29, 0.717) is 18.4 Å². The molecule has 1 saturated carbocycles. The second kappa shape index (κ2) is 11.4. The van der Waals surface area contributed by atoms with Crippen molar-refractivity contribution in [2.24, 2.45) is 0 Å². The van der Waals surface area contributed by atoms with Gasteiger partial charge in [0.25, 0.3) is 0 Å². The van der Waals surface area contributed by atoms with Crippen molar-refractivity contribution in [3.05, 3.63) is 53.7 Å². The van der Waals surface area contributed by atoms with Crippen molar-refractivity contribution in [1.82, 2.24) is 15.2 Å². The molecule has 2 aromatic carbocycles. The van der Waals surface area contributed by atoms with E-state index in [-0.39, 0.29) is 6.03 Å². The van der Waals surface area contributed by atoms with Gasteiger partial charge in [0.15, 0.2) is 0 Å². The minimum Gasteiger partial charge on any atom is -0.493 e. The van der Waals surface area contributed by atoms with Gasteiger partial charge >= 0.3 is 6.03 Å². The first-order valence-corrected chi connectivity index (χ1v) is 12.6. The lowest BCUT2D eigenvalue weighted by molar-refractivity contribution is 0.248. The normalized spacial score (nSPS) is 13.2. The Morgan fingerprint density at radius 3 is 2.57 bits per heavy atom. The van der Waals surface area contributed by atoms with Gasteiger partial charge in [-0.2, -0.15) is 0 Å². The molecule has 1 aromatic heterocycles. The van der Waals surface area contributed by atoms with E-state index in [1.54, 1.807) is 6.20 Å². The molecule has 0 spiro atoms. The van der Waals surface area contributed by atoms with Crippen LogP contribution in [0.2, 0.25) is 0 Å². The van der Waals surface area contributed by atoms with Crippen molar-refractivity contribution in [1.29, 1.82) is 0 Å². The van der Waals surface area contributed by atoms with E-state index in [1.165, 1.54) is 0 Å². The Balaban J connectivity index is 1.43. The Morgan fingerprint density at radius 1 is 1.06 bits per heavy atom. The minimum atomic E-state index is -0.161. The third-order valence-corrected chi connectivity index (χ3v) is 6.36. The number of hydrogen-bond acceptors (Lipinski definition) is 5. The molecule has 7 nitrogen and oxygen atoms in total. The van der Waals surface area contributed by atoms with Gasteiger partial charge < -0.3 is 25.0 Å². The molecule has 0 atom stereocenters. The topological polar surface area (TPSA) is 75.7 Å². The van der Waals surface area contributed by atoms with Crippen LogP contribution in [-0.4, -0.2) is 48.2 Å². The monoisotopic (exact) mass is 476 g/mol. The highest BCUT2D eigenvalue weighted by Crippen LogP contribution is 2.34. The fourth-order valence-electron chi connectivity index (χ4n) is 4.05. The van der Waals surface area contributed by atoms with Crippen LogP contribution in [0.15, 0.2) is 42.6 Å². The number of anilines is 1. The molecule has 2 N–H and O–H groups in total. The van der Waals surface area contributed by atoms with Crippen LogP contribution in [0, 0.1) is 13.8 Å². The van der Waals surface area contributed by atoms with E-state index in [4.69, 9.17) is 9.47 Å². The molecule has 1 aliphatic rings. The lowest BCUT2D eigenvalue weighted by Crippen LogP contribution is -2.30. The number of nitrogens with zero attached hydrogens (tertiary/aromatic N) is 2. The molecule has 4 rings (SSSR count). The summed E-state index contributed by atoms with van der Waals surface area (Å²) in [4.78, 5) is 19.0. The lowest BCUT2D eigenvalue weighted by Gasteiger charge is -2.18. The van der Waals surface area contributed by atoms with Crippen LogP contribution < -0.4 is 20.1 Å². The number of fused-ring (bicyclic) bond motifs is 1. The molecule has 0 saturated heterocycles. The highest BCUT2D eigenvalue weighted by Gasteiger charge is 2.23. The molecule has 35 heavy (non-hydrogen) atoms. The van der Waals surface area contributed by atoms with Crippen LogP contribution in [0.3, 0.4) is 0 Å². The number of carbonyl (C=O) groups is 1. The Hall–Kier alpha value is -3.32. The van der Waals surface area contributed by atoms with Crippen LogP contribution in [0.25, 0.3) is 10.9 Å². The quantitative estimate of drug-likeness (QED) is 0.330. The van der Waals surface area contributed by atoms with Crippen molar-refractivity contribution >= 4 is 22.6 Å². The van der Waals surface area contributed by atoms with E-state index in [1.807, 2.05) is 44.2 Å². The summed E-state index contributed by atoms with van der Waals surface area (Å²) in [6.45, 7) is 12.2. The average molecular weight is 477 g/mol. The first kappa shape index (κ1) is 24.8. The van der Waals surface area contributed by atoms with Crippen molar-refractivity contribution in [2.45, 2.75) is 53.0 Å². The second-order valence-electron chi connectivity index (χ2n) is 9.12. The van der Waals surface area contributed by atoms with Gasteiger partial charge in [-0.15, -0.1) is 0 Å². The second-order valence-corrected chi connectivity index (χ2v) is 9.12. The van der Waals surface area contributed by atoms with Crippen LogP contribution >= 0.6 is 0 Å². The van der Waals surface area contributed by atoms with E-state index in [9.17, 15) is 4.79 Å². The molecule has 0 bridgehead atoms. The third kappa shape index (κ3) is 6.63. The van der Waals surface area contributed by atoms with Gasteiger partial charge in [-0.05, 0) is 87.7 Å². The van der Waals surface area contributed by atoms with Gasteiger partial charge in [0.05, 0.1) is 12.1 Å². The van der Waals surface area contributed by atoms with Gasteiger partial charge in [-0.1, -0.05) is 13.8 Å². The van der Waals surface area contributed by atoms with Crippen molar-refractivity contribution in [2.75, 3.05) is 31.6 Å². The standard InChI is InChI=1S/C28H36N4O3/c1-5-32(6-2)14-7-15-34-27-18-25-23(17-20(27)4)26(12-13-29-25)35-22-10-11-24(19(3)16-22)31-28(33)30-21-8-9-21/h10-13,16-18,21H,5-9,14-15H2,1-4H3,(H2,30,31,33). The molecule has 186 valence electrons. The number of aryl methyl sites for hydroxylation is 2. The number of hydrogen-bond donors (Lipinski definition) is 2. The molecule has 3 aromatic rings. The molecule has 0 unspecified atom stereocenters. The fourth-order valence-corrected chi connectivity index (χ4v) is 4.05. The molecule has 2 amide bonds. The van der Waals surface area contributed by atoms with E-state index in [2.05, 4.69) is 40.4 Å². The maximum absolute atomic E-state index is 12.1. The Bertz CT molecular complexity index is 1170. The predicted octanol–water partition coefficient (Wildman–Crippen LogP) is 6.04. The highest BCUT2D eigenvalue weighted by molar-refractivity contribution is 5.90. The highest BCUT2D eigenvalue weighted by atomic mass is 16.5. The Kier molecular flexibility index (Phi) is 8.08. The number of ether oxygens (including phenoxy) is 2. The molecule has 1 heterocycles. The summed E-state index contributed by atoms with van der Waals surface area (Å²) in [5.74, 6) is 2.30. The zero-order chi connectivity index (χ0) is 24.8. The molecular formula is C28H36N4O3. The number of aromatic nitrogens is 1. The maximum Gasteiger partial charge on any atom is 0.319 e. The first-order chi connectivity index (χ1) is 17.0. The summed E-state index contributed by atoms with van der Waals surface area (Å²) in [5, 5.41) is 6.79. The molecule has 7 heteroatoms. The summed E-state index contributed by atoms with van der Waals surface area (Å²) < 4.78 is 12.3. The summed E-state index contributed by atoms with van der Waals surface area (Å²) in [7, 11) is 0. The molecule has 1 fully saturated rings. The molecular weight excluding hydrogens is 440 g/mol. The van der Waals surface area contributed by atoms with Crippen LogP contribution in [0.4, 0.5) is 10.5 Å². The van der Waals surface area contributed by atoms with E-state index in [0.717, 1.165) is 78.1 Å². The van der Waals surface area contributed by atoms with Crippen LogP contribution in [0.5, 0.6) is 17.2 Å². The molecule has 0 radical (unpaired) electrons. The van der Waals surface area contributed by atoms with Crippen molar-refractivity contribution in [3.63, 3.8) is 0 Å². The minimum absolute atomic E-state index is 0.161. The summed E-state index contributed by atoms with van der Waals surface area (Å²) in [5.41, 5.74) is 3.59. The first-order valence-electron chi connectivity index (χ1n) is 12.6. The smallest absolute Gasteiger partial charge is 0.319 e. The van der Waals surface area contributed by atoms with Crippen LogP contribution in [0.1, 0.15) is 44.2 Å². The van der Waals surface area contributed by atoms with Gasteiger partial charge in [-0.3, -0.25) is 4.98 Å². The summed E-state index contributed by atoms with van der Waals surface area (Å²) in [6.07, 6.45) is 4.86. The van der Waals surface area contributed by atoms with Gasteiger partial charge in [-0.25, -0.2) is 4.79 Å². The van der Waals surface area contributed by atoms with E-state index < -0.39 is 0 Å². The zero-order valence-electron chi connectivity index (χ0n) is 21.2. The van der Waals surface area contributed by atoms with Crippen molar-refractivity contribution in [3.8, 4) is 17.2 Å². The van der Waals surface area contributed by atoms with E-state index >= 15 is 0 Å². The number of pyridine rings is 1. The van der Waals surface area contributed by atoms with Gasteiger partial charge in [0, 0.05) is 35.9 Å². The van der Waals surface area contributed by atoms with Crippen molar-refractivity contribution < 1.29 is 14.3 Å². The van der Waals surface area contributed by atoms with Gasteiger partial charge in [0.2, 0.25) is 0 Å². The zero-order valence-corrected chi connectivity index (χ0v) is 21.2. The Labute approximate surface area is 207 Å². The van der Waals surface area contributed by atoms with Crippen LogP contribution in [-0.2, 0) is 0 Å². The number of amides is 2. The number of urea groups is 1. The average Bonchev–Trinajstić information content (AvgIpc) is 3.65. The lowest BCUT2D eigenvalue weighted by atomic mass is 10.1. The predicted molar refractivity (Wildman–Crippen MR) is 141 cm³/mol. The maximum atomic E-state index is 12.1. The molecule has 1 aliphatic carbocycles. The number of carbonyl (C=O) groups excluding carboxylic acids is 1. The van der Waals surface area contributed by atoms with Gasteiger partial charge in [0.1, 0.15) is 17.2 Å². The fraction of sp³-hybridized carbons (Fsp3) is 0.429. The largest absolute Gasteiger partial charge is 0.493 e.